The summed E-state index contributed by atoms with van der Waals surface area (Å²) in [5, 5.41) is 22.6. The first-order valence-corrected chi connectivity index (χ1v) is 10.0. The van der Waals surface area contributed by atoms with E-state index in [1.54, 1.807) is 6.07 Å². The molecule has 4 fully saturated rings. The third kappa shape index (κ3) is 3.38. The number of hydrogen-bond acceptors (Lipinski definition) is 5. The van der Waals surface area contributed by atoms with Crippen LogP contribution in [0.5, 0.6) is 0 Å². The molecule has 4 aliphatic rings. The molecule has 0 saturated heterocycles. The van der Waals surface area contributed by atoms with Crippen molar-refractivity contribution in [2.75, 3.05) is 5.32 Å². The van der Waals surface area contributed by atoms with Crippen LogP contribution < -0.4 is 5.32 Å². The van der Waals surface area contributed by atoms with Crippen LogP contribution in [0.25, 0.3) is 0 Å². The largest absolute Gasteiger partial charge is 0.452 e. The minimum absolute atomic E-state index is 0.242. The number of amides is 1. The second-order valence-electron chi connectivity index (χ2n) is 8.81. The lowest BCUT2D eigenvalue weighted by Crippen LogP contribution is -2.59. The summed E-state index contributed by atoms with van der Waals surface area (Å²) < 4.78 is 5.54. The van der Waals surface area contributed by atoms with E-state index < -0.39 is 23.0 Å². The zero-order valence-electron chi connectivity index (χ0n) is 15.7. The molecule has 4 saturated carbocycles. The molecule has 2 N–H and O–H groups in total. The van der Waals surface area contributed by atoms with E-state index in [4.69, 9.17) is 21.6 Å². The van der Waals surface area contributed by atoms with E-state index in [2.05, 4.69) is 5.32 Å². The summed E-state index contributed by atoms with van der Waals surface area (Å²) >= 11 is 5.98. The van der Waals surface area contributed by atoms with Gasteiger partial charge in [0.05, 0.1) is 21.6 Å². The molecule has 0 spiro atoms. The maximum atomic E-state index is 13.0. The van der Waals surface area contributed by atoms with Crippen LogP contribution >= 0.6 is 11.6 Å². The van der Waals surface area contributed by atoms with Crippen LogP contribution in [0.4, 0.5) is 5.69 Å². The topological polar surface area (TPSA) is 99.4 Å². The maximum Gasteiger partial charge on any atom is 0.312 e. The molecule has 2 unspecified atom stereocenters. The quantitative estimate of drug-likeness (QED) is 0.752. The lowest BCUT2D eigenvalue weighted by atomic mass is 9.48. The van der Waals surface area contributed by atoms with Crippen LogP contribution in [-0.2, 0) is 14.3 Å². The minimum atomic E-state index is -0.968. The van der Waals surface area contributed by atoms with Gasteiger partial charge in [0.2, 0.25) is 0 Å². The van der Waals surface area contributed by atoms with E-state index in [-0.39, 0.29) is 11.0 Å². The second kappa shape index (κ2) is 6.75. The monoisotopic (exact) mass is 402 g/mol. The highest BCUT2D eigenvalue weighted by atomic mass is 35.5. The van der Waals surface area contributed by atoms with Crippen LogP contribution in [0.1, 0.15) is 51.0 Å². The Labute approximate surface area is 168 Å². The molecule has 6 nitrogen and oxygen atoms in total. The van der Waals surface area contributed by atoms with Crippen molar-refractivity contribution in [2.24, 2.45) is 17.3 Å². The smallest absolute Gasteiger partial charge is 0.312 e. The van der Waals surface area contributed by atoms with Crippen molar-refractivity contribution in [2.45, 2.75) is 57.2 Å². The second-order valence-corrected chi connectivity index (χ2v) is 9.22. The van der Waals surface area contributed by atoms with Crippen molar-refractivity contribution < 1.29 is 19.4 Å². The van der Waals surface area contributed by atoms with Crippen LogP contribution in [0.2, 0.25) is 5.02 Å². The number of carbonyl (C=O) groups excluding carboxylic acids is 2. The molecule has 4 bridgehead atoms. The molecule has 7 heteroatoms. The number of rotatable bonds is 4. The molecule has 4 aliphatic carbocycles. The SMILES string of the molecule is C[C@@H](OC(=O)C12C[C@@H]3C[C@@H](CC(O)(C3)C1)C2)C(=O)Nc1ccc(C#N)c(Cl)c1. The number of nitrogens with one attached hydrogen (secondary N) is 1. The molecule has 1 aromatic carbocycles. The van der Waals surface area contributed by atoms with E-state index in [1.807, 2.05) is 6.07 Å². The Bertz CT molecular complexity index is 864. The Hall–Kier alpha value is -2.10. The number of esters is 1. The third-order valence-electron chi connectivity index (χ3n) is 6.47. The van der Waals surface area contributed by atoms with Crippen LogP contribution in [0.3, 0.4) is 0 Å². The van der Waals surface area contributed by atoms with Gasteiger partial charge in [0.25, 0.3) is 5.91 Å². The lowest BCUT2D eigenvalue weighted by Gasteiger charge is -2.58. The van der Waals surface area contributed by atoms with Crippen LogP contribution in [-0.4, -0.2) is 28.7 Å². The maximum absolute atomic E-state index is 13.0. The lowest BCUT2D eigenvalue weighted by molar-refractivity contribution is -0.199. The number of anilines is 1. The number of hydrogen-bond donors (Lipinski definition) is 2. The number of ether oxygens (including phenoxy) is 1. The third-order valence-corrected chi connectivity index (χ3v) is 6.79. The molecule has 1 amide bonds. The fourth-order valence-electron chi connectivity index (χ4n) is 5.72. The van der Waals surface area contributed by atoms with Gasteiger partial charge in [0.1, 0.15) is 6.07 Å². The average molecular weight is 403 g/mol. The number of carbonyl (C=O) groups is 2. The normalized spacial score (nSPS) is 33.8. The summed E-state index contributed by atoms with van der Waals surface area (Å²) in [5.41, 5.74) is -0.668. The summed E-state index contributed by atoms with van der Waals surface area (Å²) in [6.07, 6.45) is 3.57. The molecule has 148 valence electrons. The first-order chi connectivity index (χ1) is 13.2. The molecule has 1 aromatic rings. The Kier molecular flexibility index (Phi) is 4.64. The van der Waals surface area contributed by atoms with Gasteiger partial charge in [-0.3, -0.25) is 9.59 Å². The van der Waals surface area contributed by atoms with Gasteiger partial charge in [-0.15, -0.1) is 0 Å². The molecule has 5 atom stereocenters. The van der Waals surface area contributed by atoms with E-state index in [1.165, 1.54) is 19.1 Å². The molecule has 5 rings (SSSR count). The zero-order chi connectivity index (χ0) is 20.1. The first kappa shape index (κ1) is 19.2. The predicted octanol–water partition coefficient (Wildman–Crippen LogP) is 3.41. The molecule has 0 heterocycles. The number of nitrogens with zero attached hydrogens (tertiary/aromatic N) is 1. The molecule has 0 aliphatic heterocycles. The van der Waals surface area contributed by atoms with Crippen molar-refractivity contribution >= 4 is 29.2 Å². The standard InChI is InChI=1S/C21H23ClN2O4/c1-12(18(25)24-16-3-2-15(10-23)17(22)5-16)28-19(26)20-6-13-4-14(7-20)9-21(27,8-13)11-20/h2-3,5,12-14,27H,4,6-9,11H2,1H3,(H,24,25)/t12-,13-,14+,20?,21?/m1/s1. The Morgan fingerprint density at radius 3 is 2.57 bits per heavy atom. The highest BCUT2D eigenvalue weighted by Gasteiger charge is 2.61. The average Bonchev–Trinajstić information content (AvgIpc) is 2.59. The van der Waals surface area contributed by atoms with Gasteiger partial charge in [0.15, 0.2) is 6.10 Å². The molecule has 0 radical (unpaired) electrons. The van der Waals surface area contributed by atoms with Crippen molar-refractivity contribution in [3.8, 4) is 6.07 Å². The fourth-order valence-corrected chi connectivity index (χ4v) is 5.94. The summed E-state index contributed by atoms with van der Waals surface area (Å²) in [4.78, 5) is 25.4. The van der Waals surface area contributed by atoms with Gasteiger partial charge in [-0.1, -0.05) is 11.6 Å². The summed E-state index contributed by atoms with van der Waals surface area (Å²) in [6.45, 7) is 1.54. The first-order valence-electron chi connectivity index (χ1n) is 9.66. The molecular formula is C21H23ClN2O4. The number of benzene rings is 1. The van der Waals surface area contributed by atoms with Gasteiger partial charge >= 0.3 is 5.97 Å². The minimum Gasteiger partial charge on any atom is -0.452 e. The highest BCUT2D eigenvalue weighted by molar-refractivity contribution is 6.32. The van der Waals surface area contributed by atoms with E-state index >= 15 is 0 Å². The Balaban J connectivity index is 1.41. The van der Waals surface area contributed by atoms with Crippen molar-refractivity contribution in [1.82, 2.24) is 0 Å². The van der Waals surface area contributed by atoms with Gasteiger partial charge in [-0.05, 0) is 75.5 Å². The van der Waals surface area contributed by atoms with Crippen LogP contribution in [0, 0.1) is 28.6 Å². The summed E-state index contributed by atoms with van der Waals surface area (Å²) in [6, 6.07) is 6.54. The van der Waals surface area contributed by atoms with Gasteiger partial charge in [-0.2, -0.15) is 5.26 Å². The van der Waals surface area contributed by atoms with Crippen molar-refractivity contribution in [3.05, 3.63) is 28.8 Å². The van der Waals surface area contributed by atoms with Gasteiger partial charge < -0.3 is 15.2 Å². The predicted molar refractivity (Wildman–Crippen MR) is 102 cm³/mol. The van der Waals surface area contributed by atoms with Crippen molar-refractivity contribution in [1.29, 1.82) is 5.26 Å². The van der Waals surface area contributed by atoms with Crippen LogP contribution in [0.15, 0.2) is 18.2 Å². The number of nitriles is 1. The van der Waals surface area contributed by atoms with E-state index in [9.17, 15) is 14.7 Å². The molecule has 28 heavy (non-hydrogen) atoms. The fraction of sp³-hybridized carbons (Fsp3) is 0.571. The van der Waals surface area contributed by atoms with E-state index in [0.29, 0.717) is 29.5 Å². The Morgan fingerprint density at radius 1 is 1.32 bits per heavy atom. The van der Waals surface area contributed by atoms with E-state index in [0.717, 1.165) is 32.1 Å². The summed E-state index contributed by atoms with van der Waals surface area (Å²) in [5.74, 6) is -0.106. The van der Waals surface area contributed by atoms with Crippen molar-refractivity contribution in [3.63, 3.8) is 0 Å². The van der Waals surface area contributed by atoms with Gasteiger partial charge in [0, 0.05) is 5.69 Å². The number of aliphatic hydroxyl groups is 1. The molecular weight excluding hydrogens is 380 g/mol. The highest BCUT2D eigenvalue weighted by Crippen LogP contribution is 2.62. The molecule has 0 aromatic heterocycles. The zero-order valence-corrected chi connectivity index (χ0v) is 16.5. The van der Waals surface area contributed by atoms with Gasteiger partial charge in [-0.25, -0.2) is 0 Å². The number of halogens is 1. The Morgan fingerprint density at radius 2 is 2.00 bits per heavy atom. The summed E-state index contributed by atoms with van der Waals surface area (Å²) in [7, 11) is 0.